The minimum absolute atomic E-state index is 0.0185. The molecule has 3 aromatic rings. The number of aromatic amines is 1. The largest absolute Gasteiger partial charge is 0.378 e. The fourth-order valence-electron chi connectivity index (χ4n) is 5.09. The van der Waals surface area contributed by atoms with E-state index in [1.54, 1.807) is 10.9 Å². The lowest BCUT2D eigenvalue weighted by molar-refractivity contribution is -0.119. The minimum atomic E-state index is -0.152. The van der Waals surface area contributed by atoms with Gasteiger partial charge in [0.05, 0.1) is 25.0 Å². The number of rotatable bonds is 3. The molecular formula is C22H27N9O3. The van der Waals surface area contributed by atoms with Crippen molar-refractivity contribution in [1.29, 1.82) is 0 Å². The molecule has 0 aliphatic carbocycles. The first-order valence-electron chi connectivity index (χ1n) is 11.7. The lowest BCUT2D eigenvalue weighted by Crippen LogP contribution is -2.44. The Morgan fingerprint density at radius 3 is 2.59 bits per heavy atom. The standard InChI is InChI=1S/C22H27N9O3/c1-29-12-14(11-24-29)17-26-18-16(20(28-17)30-6-8-34-9-7-30)25-19(27-18)21(33)31-4-2-22(3-5-31)10-15(32)23-13-22/h11-12H,2-10,13H2,1H3,(H,23,32)(H,25,26,27,28). The molecule has 0 saturated carbocycles. The number of fused-ring (bicyclic) bond motifs is 1. The molecule has 3 aliphatic heterocycles. The zero-order valence-corrected chi connectivity index (χ0v) is 19.1. The Bertz CT molecular complexity index is 1250. The first-order valence-corrected chi connectivity index (χ1v) is 11.7. The average molecular weight is 466 g/mol. The van der Waals surface area contributed by atoms with Gasteiger partial charge in [0.25, 0.3) is 5.91 Å². The molecule has 178 valence electrons. The summed E-state index contributed by atoms with van der Waals surface area (Å²) in [6, 6.07) is 0. The molecule has 6 heterocycles. The second-order valence-electron chi connectivity index (χ2n) is 9.40. The molecule has 2 amide bonds. The van der Waals surface area contributed by atoms with Crippen molar-refractivity contribution in [2.45, 2.75) is 19.3 Å². The van der Waals surface area contributed by atoms with E-state index in [4.69, 9.17) is 9.72 Å². The number of ether oxygens (including phenoxy) is 1. The number of carbonyl (C=O) groups excluding carboxylic acids is 2. The summed E-state index contributed by atoms with van der Waals surface area (Å²) in [6.45, 7) is 4.51. The van der Waals surface area contributed by atoms with Crippen LogP contribution < -0.4 is 10.2 Å². The third kappa shape index (κ3) is 3.67. The Hall–Kier alpha value is -3.54. The van der Waals surface area contributed by atoms with E-state index in [-0.39, 0.29) is 23.1 Å². The molecule has 12 heteroatoms. The van der Waals surface area contributed by atoms with Crippen molar-refractivity contribution in [3.8, 4) is 11.4 Å². The second-order valence-corrected chi connectivity index (χ2v) is 9.40. The minimum Gasteiger partial charge on any atom is -0.378 e. The predicted octanol–water partition coefficient (Wildman–Crippen LogP) is 0.332. The van der Waals surface area contributed by atoms with Crippen molar-refractivity contribution in [3.05, 3.63) is 18.2 Å². The molecule has 1 spiro atoms. The molecule has 2 N–H and O–H groups in total. The topological polar surface area (TPSA) is 134 Å². The van der Waals surface area contributed by atoms with Gasteiger partial charge in [-0.25, -0.2) is 15.0 Å². The summed E-state index contributed by atoms with van der Waals surface area (Å²) in [7, 11) is 1.85. The first-order chi connectivity index (χ1) is 16.5. The number of carbonyl (C=O) groups is 2. The van der Waals surface area contributed by atoms with Gasteiger partial charge in [-0.1, -0.05) is 0 Å². The van der Waals surface area contributed by atoms with E-state index in [1.807, 2.05) is 18.1 Å². The lowest BCUT2D eigenvalue weighted by atomic mass is 9.77. The molecule has 3 aromatic heterocycles. The Morgan fingerprint density at radius 2 is 1.91 bits per heavy atom. The second kappa shape index (κ2) is 8.05. The maximum Gasteiger partial charge on any atom is 0.289 e. The molecular weight excluding hydrogens is 438 g/mol. The average Bonchev–Trinajstić information content (AvgIpc) is 3.57. The number of nitrogens with zero attached hydrogens (tertiary/aromatic N) is 7. The van der Waals surface area contributed by atoms with Crippen molar-refractivity contribution in [2.75, 3.05) is 50.8 Å². The van der Waals surface area contributed by atoms with Crippen LogP contribution in [0.5, 0.6) is 0 Å². The number of nitrogens with one attached hydrogen (secondary N) is 2. The SMILES string of the molecule is Cn1cc(-c2nc(N3CCOCC3)c3nc(C(=O)N4CCC5(CC4)CNC(=O)C5)[nH]c3n2)cn1. The molecule has 0 aromatic carbocycles. The van der Waals surface area contributed by atoms with Crippen LogP contribution >= 0.6 is 0 Å². The number of imidazole rings is 1. The highest BCUT2D eigenvalue weighted by atomic mass is 16.5. The van der Waals surface area contributed by atoms with Crippen LogP contribution in [0, 0.1) is 5.41 Å². The van der Waals surface area contributed by atoms with Gasteiger partial charge in [0.15, 0.2) is 28.6 Å². The smallest absolute Gasteiger partial charge is 0.289 e. The quantitative estimate of drug-likeness (QED) is 0.565. The van der Waals surface area contributed by atoms with Gasteiger partial charge < -0.3 is 24.8 Å². The Labute approximate surface area is 195 Å². The van der Waals surface area contributed by atoms with Crippen molar-refractivity contribution in [2.24, 2.45) is 12.5 Å². The Morgan fingerprint density at radius 1 is 1.12 bits per heavy atom. The summed E-state index contributed by atoms with van der Waals surface area (Å²) < 4.78 is 7.21. The number of piperidine rings is 1. The van der Waals surface area contributed by atoms with Gasteiger partial charge in [-0.05, 0) is 18.3 Å². The molecule has 12 nitrogen and oxygen atoms in total. The fraction of sp³-hybridized carbons (Fsp3) is 0.545. The number of likely N-dealkylation sites (tertiary alicyclic amines) is 1. The first kappa shape index (κ1) is 21.0. The third-order valence-corrected chi connectivity index (χ3v) is 7.11. The molecule has 34 heavy (non-hydrogen) atoms. The van der Waals surface area contributed by atoms with Crippen molar-refractivity contribution in [1.82, 2.24) is 39.9 Å². The Kier molecular flexibility index (Phi) is 4.97. The van der Waals surface area contributed by atoms with Crippen molar-refractivity contribution < 1.29 is 14.3 Å². The van der Waals surface area contributed by atoms with Gasteiger partial charge in [-0.2, -0.15) is 5.10 Å². The van der Waals surface area contributed by atoms with Crippen LogP contribution in [0.4, 0.5) is 5.82 Å². The summed E-state index contributed by atoms with van der Waals surface area (Å²) in [5, 5.41) is 7.17. The number of hydrogen-bond acceptors (Lipinski definition) is 8. The maximum atomic E-state index is 13.3. The number of aromatic nitrogens is 6. The van der Waals surface area contributed by atoms with Crippen LogP contribution in [0.3, 0.4) is 0 Å². The maximum absolute atomic E-state index is 13.3. The number of morpholine rings is 1. The van der Waals surface area contributed by atoms with E-state index < -0.39 is 0 Å². The monoisotopic (exact) mass is 465 g/mol. The normalized spacial score (nSPS) is 20.3. The van der Waals surface area contributed by atoms with Crippen molar-refractivity contribution >= 4 is 28.8 Å². The highest BCUT2D eigenvalue weighted by molar-refractivity contribution is 5.96. The van der Waals surface area contributed by atoms with Crippen LogP contribution in [0.25, 0.3) is 22.6 Å². The predicted molar refractivity (Wildman–Crippen MR) is 122 cm³/mol. The van der Waals surface area contributed by atoms with Gasteiger partial charge in [-0.15, -0.1) is 0 Å². The van der Waals surface area contributed by atoms with Gasteiger partial charge in [0.2, 0.25) is 5.91 Å². The summed E-state index contributed by atoms with van der Waals surface area (Å²) in [6.07, 6.45) is 5.75. The number of anilines is 1. The number of aryl methyl sites for hydroxylation is 1. The van der Waals surface area contributed by atoms with Gasteiger partial charge >= 0.3 is 0 Å². The molecule has 0 radical (unpaired) electrons. The molecule has 6 rings (SSSR count). The van der Waals surface area contributed by atoms with Gasteiger partial charge in [0.1, 0.15) is 0 Å². The van der Waals surface area contributed by atoms with Crippen LogP contribution in [0.1, 0.15) is 29.9 Å². The van der Waals surface area contributed by atoms with E-state index in [0.717, 1.165) is 18.4 Å². The zero-order chi connectivity index (χ0) is 23.3. The zero-order valence-electron chi connectivity index (χ0n) is 19.1. The number of hydrogen-bond donors (Lipinski definition) is 2. The highest BCUT2D eigenvalue weighted by Crippen LogP contribution is 2.37. The summed E-state index contributed by atoms with van der Waals surface area (Å²) in [5.41, 5.74) is 1.88. The van der Waals surface area contributed by atoms with E-state index in [0.29, 0.717) is 75.2 Å². The summed E-state index contributed by atoms with van der Waals surface area (Å²) >= 11 is 0. The molecule has 0 bridgehead atoms. The summed E-state index contributed by atoms with van der Waals surface area (Å²) in [4.78, 5) is 46.3. The highest BCUT2D eigenvalue weighted by Gasteiger charge is 2.42. The number of amides is 2. The summed E-state index contributed by atoms with van der Waals surface area (Å²) in [5.74, 6) is 1.44. The van der Waals surface area contributed by atoms with E-state index in [9.17, 15) is 9.59 Å². The fourth-order valence-corrected chi connectivity index (χ4v) is 5.09. The van der Waals surface area contributed by atoms with Gasteiger partial charge in [0, 0.05) is 52.4 Å². The third-order valence-electron chi connectivity index (χ3n) is 7.11. The van der Waals surface area contributed by atoms with E-state index in [2.05, 4.69) is 30.3 Å². The molecule has 0 unspecified atom stereocenters. The molecule has 3 saturated heterocycles. The number of H-pyrrole nitrogens is 1. The molecule has 3 fully saturated rings. The van der Waals surface area contributed by atoms with Crippen molar-refractivity contribution in [3.63, 3.8) is 0 Å². The Balaban J connectivity index is 1.31. The van der Waals surface area contributed by atoms with Crippen LogP contribution in [-0.2, 0) is 16.6 Å². The molecule has 3 aliphatic rings. The lowest BCUT2D eigenvalue weighted by Gasteiger charge is -2.37. The van der Waals surface area contributed by atoms with Gasteiger partial charge in [-0.3, -0.25) is 14.3 Å². The van der Waals surface area contributed by atoms with Crippen LogP contribution in [0.2, 0.25) is 0 Å². The van der Waals surface area contributed by atoms with Crippen LogP contribution in [0.15, 0.2) is 12.4 Å². The molecule has 0 atom stereocenters. The van der Waals surface area contributed by atoms with Crippen LogP contribution in [-0.4, -0.2) is 92.4 Å². The van der Waals surface area contributed by atoms with E-state index in [1.165, 1.54) is 0 Å². The van der Waals surface area contributed by atoms with E-state index >= 15 is 0 Å².